The lowest BCUT2D eigenvalue weighted by Gasteiger charge is -2.33. The van der Waals surface area contributed by atoms with Gasteiger partial charge in [-0.05, 0) is 90.9 Å². The van der Waals surface area contributed by atoms with Crippen LogP contribution in [0.4, 0.5) is 0 Å². The molecule has 0 saturated heterocycles. The van der Waals surface area contributed by atoms with Gasteiger partial charge in [-0.15, -0.1) is 5.10 Å². The van der Waals surface area contributed by atoms with Crippen molar-refractivity contribution in [1.29, 1.82) is 0 Å². The molecule has 222 valence electrons. The van der Waals surface area contributed by atoms with Crippen LogP contribution in [0, 0.1) is 19.3 Å². The van der Waals surface area contributed by atoms with Crippen LogP contribution in [0.1, 0.15) is 66.5 Å². The molecule has 43 heavy (non-hydrogen) atoms. The minimum Gasteiger partial charge on any atom is -0.489 e. The number of hydrogen-bond donors (Lipinski definition) is 1. The molecular weight excluding hydrogens is 536 g/mol. The fraction of sp³-hybridized carbons (Fsp3) is 0.361. The van der Waals surface area contributed by atoms with Gasteiger partial charge in [-0.1, -0.05) is 60.7 Å². The number of carboxylic acids is 1. The predicted molar refractivity (Wildman–Crippen MR) is 170 cm³/mol. The first kappa shape index (κ1) is 28.9. The number of benzene rings is 4. The monoisotopic (exact) mass is 576 g/mol. The van der Waals surface area contributed by atoms with E-state index in [4.69, 9.17) is 4.74 Å². The van der Waals surface area contributed by atoms with E-state index in [1.165, 1.54) is 27.5 Å². The minimum atomic E-state index is -1.06. The summed E-state index contributed by atoms with van der Waals surface area (Å²) >= 11 is 0. The van der Waals surface area contributed by atoms with Gasteiger partial charge < -0.3 is 9.84 Å². The lowest BCUT2D eigenvalue weighted by atomic mass is 9.69. The van der Waals surface area contributed by atoms with Crippen molar-refractivity contribution in [1.82, 2.24) is 19.9 Å². The number of aryl methyl sites for hydroxylation is 3. The predicted octanol–water partition coefficient (Wildman–Crippen LogP) is 7.15. The number of hydrogen-bond acceptors (Lipinski definition) is 5. The van der Waals surface area contributed by atoms with Crippen LogP contribution in [0.3, 0.4) is 0 Å². The summed E-state index contributed by atoms with van der Waals surface area (Å²) in [6, 6.07) is 23.4. The molecule has 0 bridgehead atoms. The summed E-state index contributed by atoms with van der Waals surface area (Å²) in [4.78, 5) is 15.2. The minimum absolute atomic E-state index is 0.0888. The van der Waals surface area contributed by atoms with E-state index in [0.29, 0.717) is 0 Å². The van der Waals surface area contributed by atoms with Crippen molar-refractivity contribution < 1.29 is 14.6 Å². The molecule has 7 heteroatoms. The Bertz CT molecular complexity index is 1840. The number of ether oxygens (including phenoxy) is 1. The Morgan fingerprint density at radius 2 is 1.81 bits per heavy atom. The number of rotatable bonds is 7. The normalized spacial score (nSPS) is 16.6. The molecule has 0 aliphatic carbocycles. The first-order chi connectivity index (χ1) is 20.6. The second kappa shape index (κ2) is 11.1. The lowest BCUT2D eigenvalue weighted by molar-refractivity contribution is -0.147. The zero-order chi connectivity index (χ0) is 30.5. The summed E-state index contributed by atoms with van der Waals surface area (Å²) in [7, 11) is 1.87. The number of fused-ring (bicyclic) bond motifs is 3. The van der Waals surface area contributed by atoms with Gasteiger partial charge in [-0.25, -0.2) is 4.68 Å². The van der Waals surface area contributed by atoms with Gasteiger partial charge in [0.05, 0.1) is 10.9 Å². The molecule has 2 atom stereocenters. The molecule has 4 aromatic carbocycles. The van der Waals surface area contributed by atoms with Gasteiger partial charge in [-0.3, -0.25) is 9.69 Å². The molecule has 0 spiro atoms. The zero-order valence-corrected chi connectivity index (χ0v) is 25.9. The summed E-state index contributed by atoms with van der Waals surface area (Å²) in [5.74, 6) is -0.243. The molecule has 6 rings (SSSR count). The maximum Gasteiger partial charge on any atom is 0.310 e. The second-order valence-electron chi connectivity index (χ2n) is 12.6. The van der Waals surface area contributed by atoms with E-state index in [-0.39, 0.29) is 12.0 Å². The van der Waals surface area contributed by atoms with Crippen LogP contribution in [-0.4, -0.2) is 43.6 Å². The molecule has 1 N–H and O–H groups in total. The topological polar surface area (TPSA) is 80.5 Å². The number of aliphatic carboxylic acids is 1. The molecule has 1 aliphatic rings. The van der Waals surface area contributed by atoms with Crippen molar-refractivity contribution in [2.75, 3.05) is 6.54 Å². The van der Waals surface area contributed by atoms with Crippen molar-refractivity contribution >= 4 is 27.8 Å². The highest BCUT2D eigenvalue weighted by Crippen LogP contribution is 2.44. The van der Waals surface area contributed by atoms with E-state index in [1.807, 2.05) is 33.9 Å². The van der Waals surface area contributed by atoms with E-state index in [0.717, 1.165) is 59.5 Å². The van der Waals surface area contributed by atoms with Gasteiger partial charge >= 0.3 is 5.97 Å². The van der Waals surface area contributed by atoms with E-state index < -0.39 is 11.4 Å². The molecular formula is C36H40N4O3. The van der Waals surface area contributed by atoms with Gasteiger partial charge in [0.25, 0.3) is 0 Å². The second-order valence-corrected chi connectivity index (χ2v) is 12.6. The highest BCUT2D eigenvalue weighted by Gasteiger charge is 2.40. The fourth-order valence-electron chi connectivity index (χ4n) is 6.60. The average Bonchev–Trinajstić information content (AvgIpc) is 3.27. The molecule has 2 heterocycles. The Morgan fingerprint density at radius 3 is 2.53 bits per heavy atom. The molecule has 1 aliphatic heterocycles. The van der Waals surface area contributed by atoms with Crippen LogP contribution in [-0.2, 0) is 24.9 Å². The van der Waals surface area contributed by atoms with Crippen molar-refractivity contribution in [3.8, 4) is 5.75 Å². The number of nitrogens with zero attached hydrogens (tertiary/aromatic N) is 4. The number of aromatic nitrogens is 3. The summed E-state index contributed by atoms with van der Waals surface area (Å²) in [6.45, 7) is 12.3. The van der Waals surface area contributed by atoms with Gasteiger partial charge in [-0.2, -0.15) is 0 Å². The molecule has 0 fully saturated rings. The van der Waals surface area contributed by atoms with E-state index in [1.54, 1.807) is 4.68 Å². The SMILES string of the molecule is CC[C@@H]1CN(Cc2cc(C(c3ccc4c(nnn4C)c3C)C(C)(C)C(=O)O)ccc2C)Cc2cc3ccccc3cc2O1. The molecule has 1 aromatic heterocycles. The summed E-state index contributed by atoms with van der Waals surface area (Å²) in [6.07, 6.45) is 1.01. The van der Waals surface area contributed by atoms with Gasteiger partial charge in [0.1, 0.15) is 17.4 Å². The fourth-order valence-corrected chi connectivity index (χ4v) is 6.60. The third kappa shape index (κ3) is 5.27. The van der Waals surface area contributed by atoms with Crippen LogP contribution in [0.15, 0.2) is 66.7 Å². The van der Waals surface area contributed by atoms with Crippen LogP contribution in [0.25, 0.3) is 21.8 Å². The quantitative estimate of drug-likeness (QED) is 0.222. The summed E-state index contributed by atoms with van der Waals surface area (Å²) in [5.41, 5.74) is 7.17. The van der Waals surface area contributed by atoms with E-state index in [9.17, 15) is 9.90 Å². The average molecular weight is 577 g/mol. The third-order valence-corrected chi connectivity index (χ3v) is 9.30. The van der Waals surface area contributed by atoms with E-state index in [2.05, 4.69) is 89.7 Å². The third-order valence-electron chi connectivity index (χ3n) is 9.30. The maximum absolute atomic E-state index is 12.7. The Labute approximate surface area is 253 Å². The van der Waals surface area contributed by atoms with Crippen LogP contribution in [0.2, 0.25) is 0 Å². The van der Waals surface area contributed by atoms with Crippen molar-refractivity contribution in [2.24, 2.45) is 12.5 Å². The first-order valence-electron chi connectivity index (χ1n) is 15.1. The zero-order valence-electron chi connectivity index (χ0n) is 25.9. The molecule has 5 aromatic rings. The Balaban J connectivity index is 1.40. The molecule has 0 saturated carbocycles. The van der Waals surface area contributed by atoms with Crippen LogP contribution in [0.5, 0.6) is 5.75 Å². The smallest absolute Gasteiger partial charge is 0.310 e. The van der Waals surface area contributed by atoms with Crippen molar-refractivity contribution in [3.05, 3.63) is 100 Å². The highest BCUT2D eigenvalue weighted by atomic mass is 16.5. The van der Waals surface area contributed by atoms with Crippen molar-refractivity contribution in [3.63, 3.8) is 0 Å². The number of carboxylic acid groups (broad SMARTS) is 1. The van der Waals surface area contributed by atoms with Crippen molar-refractivity contribution in [2.45, 2.75) is 66.2 Å². The molecule has 0 amide bonds. The largest absolute Gasteiger partial charge is 0.489 e. The lowest BCUT2D eigenvalue weighted by Crippen LogP contribution is -2.33. The van der Waals surface area contributed by atoms with Gasteiger partial charge in [0, 0.05) is 38.2 Å². The van der Waals surface area contributed by atoms with Gasteiger partial charge in [0.15, 0.2) is 0 Å². The van der Waals surface area contributed by atoms with E-state index >= 15 is 0 Å². The van der Waals surface area contributed by atoms with Crippen LogP contribution < -0.4 is 4.74 Å². The van der Waals surface area contributed by atoms with Gasteiger partial charge in [0.2, 0.25) is 0 Å². The van der Waals surface area contributed by atoms with Crippen LogP contribution >= 0.6 is 0 Å². The molecule has 0 radical (unpaired) electrons. The maximum atomic E-state index is 12.7. The Kier molecular flexibility index (Phi) is 7.46. The Hall–Kier alpha value is -4.23. The summed E-state index contributed by atoms with van der Waals surface area (Å²) in [5, 5.41) is 21.4. The summed E-state index contributed by atoms with van der Waals surface area (Å²) < 4.78 is 8.29. The first-order valence-corrected chi connectivity index (χ1v) is 15.1. The highest BCUT2D eigenvalue weighted by molar-refractivity contribution is 5.85. The Morgan fingerprint density at radius 1 is 1.07 bits per heavy atom. The molecule has 7 nitrogen and oxygen atoms in total. The number of carbonyl (C=O) groups is 1. The standard InChI is InChI=1S/C36H40N4O3/c1-7-29-21-40(20-28-16-24-10-8-9-11-25(24)18-32(28)43-29)19-27-17-26(13-12-22(27)2)33(36(4,5)35(41)42)30-14-15-31-34(23(30)3)37-38-39(31)6/h8-18,29,33H,7,19-21H2,1-6H3,(H,41,42)/t29-,33?/m1/s1. The molecule has 1 unspecified atom stereocenters.